The number of nitrogens with one attached hydrogen (secondary N) is 1. The number of carbonyl (C=O) groups excluding carboxylic acids is 1. The van der Waals surface area contributed by atoms with Gasteiger partial charge >= 0.3 is 6.03 Å². The number of likely N-dealkylation sites (tertiary alicyclic amines) is 1. The summed E-state index contributed by atoms with van der Waals surface area (Å²) in [5.41, 5.74) is 2.12. The molecular formula is C20H22ClFN2O. The van der Waals surface area contributed by atoms with E-state index in [2.05, 4.69) is 5.32 Å². The molecule has 2 amide bonds. The van der Waals surface area contributed by atoms with Gasteiger partial charge in [0, 0.05) is 17.3 Å². The number of carbonyl (C=O) groups is 1. The largest absolute Gasteiger partial charge is 0.322 e. The van der Waals surface area contributed by atoms with Crippen LogP contribution < -0.4 is 5.32 Å². The van der Waals surface area contributed by atoms with Gasteiger partial charge in [-0.05, 0) is 55.2 Å². The van der Waals surface area contributed by atoms with Gasteiger partial charge in [-0.15, -0.1) is 0 Å². The molecule has 5 heteroatoms. The molecule has 0 unspecified atom stereocenters. The van der Waals surface area contributed by atoms with Crippen LogP contribution in [-0.2, 0) is 0 Å². The number of benzene rings is 2. The molecule has 1 heterocycles. The fourth-order valence-corrected chi connectivity index (χ4v) is 3.37. The van der Waals surface area contributed by atoms with Gasteiger partial charge in [0.05, 0.1) is 6.04 Å². The highest BCUT2D eigenvalue weighted by molar-refractivity contribution is 6.30. The van der Waals surface area contributed by atoms with E-state index < -0.39 is 0 Å². The molecule has 0 aromatic heterocycles. The van der Waals surface area contributed by atoms with Gasteiger partial charge < -0.3 is 10.2 Å². The lowest BCUT2D eigenvalue weighted by atomic mass is 10.0. The standard InChI is InChI=1S/C20H22ClFN2O/c1-14-6-11-17(13-18(14)22)23-20(25)24-12-4-2-3-5-19(24)15-7-9-16(21)10-8-15/h6-11,13,19H,2-5,12H2,1H3,(H,23,25)/t19-/m1/s1. The summed E-state index contributed by atoms with van der Waals surface area (Å²) >= 11 is 5.99. The highest BCUT2D eigenvalue weighted by Gasteiger charge is 2.27. The first-order valence-corrected chi connectivity index (χ1v) is 9.01. The van der Waals surface area contributed by atoms with Crippen LogP contribution in [0.25, 0.3) is 0 Å². The van der Waals surface area contributed by atoms with Crippen molar-refractivity contribution in [3.8, 4) is 0 Å². The van der Waals surface area contributed by atoms with E-state index >= 15 is 0 Å². The van der Waals surface area contributed by atoms with Crippen molar-refractivity contribution in [2.45, 2.75) is 38.6 Å². The average Bonchev–Trinajstić information content (AvgIpc) is 2.85. The van der Waals surface area contributed by atoms with Crippen LogP contribution in [0.5, 0.6) is 0 Å². The maximum atomic E-state index is 13.7. The lowest BCUT2D eigenvalue weighted by Gasteiger charge is -2.30. The Morgan fingerprint density at radius 2 is 1.92 bits per heavy atom. The van der Waals surface area contributed by atoms with Gasteiger partial charge in [-0.3, -0.25) is 0 Å². The number of halogens is 2. The minimum absolute atomic E-state index is 0.00932. The average molecular weight is 361 g/mol. The van der Waals surface area contributed by atoms with E-state index in [-0.39, 0.29) is 17.9 Å². The third-order valence-corrected chi connectivity index (χ3v) is 4.94. The highest BCUT2D eigenvalue weighted by atomic mass is 35.5. The smallest absolute Gasteiger partial charge is 0.317 e. The Balaban J connectivity index is 1.81. The molecule has 0 spiro atoms. The zero-order valence-corrected chi connectivity index (χ0v) is 15.0. The van der Waals surface area contributed by atoms with Crippen molar-refractivity contribution in [1.29, 1.82) is 0 Å². The molecule has 25 heavy (non-hydrogen) atoms. The highest BCUT2D eigenvalue weighted by Crippen LogP contribution is 2.31. The van der Waals surface area contributed by atoms with Gasteiger partial charge in [-0.1, -0.05) is 42.6 Å². The molecule has 1 aliphatic heterocycles. The van der Waals surface area contributed by atoms with Crippen LogP contribution in [0.1, 0.15) is 42.9 Å². The van der Waals surface area contributed by atoms with E-state index in [9.17, 15) is 9.18 Å². The second kappa shape index (κ2) is 7.87. The minimum atomic E-state index is -0.317. The normalized spacial score (nSPS) is 17.9. The molecule has 1 N–H and O–H groups in total. The van der Waals surface area contributed by atoms with E-state index in [1.807, 2.05) is 29.2 Å². The molecule has 3 nitrogen and oxygen atoms in total. The number of rotatable bonds is 2. The molecule has 0 radical (unpaired) electrons. The lowest BCUT2D eigenvalue weighted by molar-refractivity contribution is 0.189. The van der Waals surface area contributed by atoms with Crippen molar-refractivity contribution in [2.75, 3.05) is 11.9 Å². The zero-order chi connectivity index (χ0) is 17.8. The SMILES string of the molecule is Cc1ccc(NC(=O)N2CCCCC[C@@H]2c2ccc(Cl)cc2)cc1F. The first kappa shape index (κ1) is 17.7. The molecule has 2 aromatic carbocycles. The maximum Gasteiger partial charge on any atom is 0.322 e. The van der Waals surface area contributed by atoms with E-state index in [4.69, 9.17) is 11.6 Å². The van der Waals surface area contributed by atoms with Crippen LogP contribution in [0.3, 0.4) is 0 Å². The van der Waals surface area contributed by atoms with Crippen LogP contribution in [0.4, 0.5) is 14.9 Å². The van der Waals surface area contributed by atoms with Crippen LogP contribution >= 0.6 is 11.6 Å². The number of urea groups is 1. The second-order valence-corrected chi connectivity index (χ2v) is 6.94. The Morgan fingerprint density at radius 3 is 2.64 bits per heavy atom. The third kappa shape index (κ3) is 4.31. The molecule has 1 atom stereocenters. The minimum Gasteiger partial charge on any atom is -0.317 e. The molecule has 3 rings (SSSR count). The lowest BCUT2D eigenvalue weighted by Crippen LogP contribution is -2.38. The van der Waals surface area contributed by atoms with Gasteiger partial charge in [-0.25, -0.2) is 9.18 Å². The molecule has 0 aliphatic carbocycles. The molecule has 2 aromatic rings. The Morgan fingerprint density at radius 1 is 1.16 bits per heavy atom. The van der Waals surface area contributed by atoms with E-state index in [0.29, 0.717) is 22.8 Å². The monoisotopic (exact) mass is 360 g/mol. The molecule has 0 bridgehead atoms. The van der Waals surface area contributed by atoms with Crippen molar-refractivity contribution in [1.82, 2.24) is 4.90 Å². The summed E-state index contributed by atoms with van der Waals surface area (Å²) in [5.74, 6) is -0.317. The van der Waals surface area contributed by atoms with Crippen molar-refractivity contribution < 1.29 is 9.18 Å². The topological polar surface area (TPSA) is 32.3 Å². The molecule has 1 fully saturated rings. The van der Waals surface area contributed by atoms with Gasteiger partial charge in [0.1, 0.15) is 5.82 Å². The molecule has 132 valence electrons. The Hall–Kier alpha value is -2.07. The summed E-state index contributed by atoms with van der Waals surface area (Å²) in [4.78, 5) is 14.7. The van der Waals surface area contributed by atoms with Crippen molar-refractivity contribution in [2.24, 2.45) is 0 Å². The maximum absolute atomic E-state index is 13.7. The van der Waals surface area contributed by atoms with E-state index in [0.717, 1.165) is 31.2 Å². The Labute approximate surface area is 152 Å². The van der Waals surface area contributed by atoms with Crippen molar-refractivity contribution >= 4 is 23.3 Å². The number of anilines is 1. The fraction of sp³-hybridized carbons (Fsp3) is 0.350. The predicted molar refractivity (Wildman–Crippen MR) is 99.5 cm³/mol. The quantitative estimate of drug-likeness (QED) is 0.706. The summed E-state index contributed by atoms with van der Waals surface area (Å²) in [6, 6.07) is 12.2. The molecule has 1 saturated heterocycles. The second-order valence-electron chi connectivity index (χ2n) is 6.50. The summed E-state index contributed by atoms with van der Waals surface area (Å²) < 4.78 is 13.7. The number of nitrogens with zero attached hydrogens (tertiary/aromatic N) is 1. The van der Waals surface area contributed by atoms with Gasteiger partial charge in [0.15, 0.2) is 0 Å². The molecular weight excluding hydrogens is 339 g/mol. The summed E-state index contributed by atoms with van der Waals surface area (Å²) in [6.07, 6.45) is 4.07. The number of aryl methyl sites for hydroxylation is 1. The van der Waals surface area contributed by atoms with Crippen molar-refractivity contribution in [3.05, 3.63) is 64.4 Å². The van der Waals surface area contributed by atoms with E-state index in [1.165, 1.54) is 6.07 Å². The number of hydrogen-bond acceptors (Lipinski definition) is 1. The van der Waals surface area contributed by atoms with Crippen LogP contribution in [0, 0.1) is 12.7 Å². The first-order chi connectivity index (χ1) is 12.0. The van der Waals surface area contributed by atoms with Crippen molar-refractivity contribution in [3.63, 3.8) is 0 Å². The van der Waals surface area contributed by atoms with Gasteiger partial charge in [-0.2, -0.15) is 0 Å². The van der Waals surface area contributed by atoms with Crippen LogP contribution in [-0.4, -0.2) is 17.5 Å². The van der Waals surface area contributed by atoms with E-state index in [1.54, 1.807) is 19.1 Å². The first-order valence-electron chi connectivity index (χ1n) is 8.64. The number of amides is 2. The summed E-state index contributed by atoms with van der Waals surface area (Å²) in [5, 5.41) is 3.52. The Kier molecular flexibility index (Phi) is 5.59. The van der Waals surface area contributed by atoms with Crippen LogP contribution in [0.2, 0.25) is 5.02 Å². The third-order valence-electron chi connectivity index (χ3n) is 4.69. The predicted octanol–water partition coefficient (Wildman–Crippen LogP) is 5.94. The molecule has 0 saturated carbocycles. The Bertz CT molecular complexity index is 748. The molecule has 1 aliphatic rings. The number of hydrogen-bond donors (Lipinski definition) is 1. The summed E-state index contributed by atoms with van der Waals surface area (Å²) in [6.45, 7) is 2.39. The zero-order valence-electron chi connectivity index (χ0n) is 14.3. The summed E-state index contributed by atoms with van der Waals surface area (Å²) in [7, 11) is 0. The fourth-order valence-electron chi connectivity index (χ4n) is 3.25. The van der Waals surface area contributed by atoms with Gasteiger partial charge in [0.2, 0.25) is 0 Å². The van der Waals surface area contributed by atoms with Gasteiger partial charge in [0.25, 0.3) is 0 Å². The van der Waals surface area contributed by atoms with Crippen LogP contribution in [0.15, 0.2) is 42.5 Å².